The molecule has 0 saturated heterocycles. The molecule has 0 fully saturated rings. The van der Waals surface area contributed by atoms with Gasteiger partial charge in [-0.15, -0.1) is 0 Å². The first-order valence-electron chi connectivity index (χ1n) is 7.91. The van der Waals surface area contributed by atoms with Crippen LogP contribution in [0, 0.1) is 12.3 Å². The van der Waals surface area contributed by atoms with Crippen LogP contribution < -0.4 is 10.6 Å². The van der Waals surface area contributed by atoms with Gasteiger partial charge in [-0.1, -0.05) is 12.1 Å². The molecule has 23 heavy (non-hydrogen) atoms. The summed E-state index contributed by atoms with van der Waals surface area (Å²) >= 11 is 0. The van der Waals surface area contributed by atoms with Crippen LogP contribution in [0.1, 0.15) is 38.2 Å². The Bertz CT molecular complexity index is 658. The first-order valence-corrected chi connectivity index (χ1v) is 7.91. The Morgan fingerprint density at radius 2 is 1.96 bits per heavy atom. The number of aryl methyl sites for hydroxylation is 1. The standard InChI is InChI=1S/C18H26N4O/c1-13(21-12-18(3,4)17(23)19-5)15-6-8-16(9-7-15)22-11-10-20-14(22)2/h6-11,13,21H,12H2,1-5H3,(H,19,23). The lowest BCUT2D eigenvalue weighted by atomic mass is 9.91. The van der Waals surface area contributed by atoms with Gasteiger partial charge in [0.2, 0.25) is 5.91 Å². The van der Waals surface area contributed by atoms with E-state index in [1.165, 1.54) is 5.56 Å². The number of hydrogen-bond acceptors (Lipinski definition) is 3. The van der Waals surface area contributed by atoms with Crippen LogP contribution in [0.5, 0.6) is 0 Å². The molecule has 0 spiro atoms. The fraction of sp³-hybridized carbons (Fsp3) is 0.444. The second-order valence-corrected chi connectivity index (χ2v) is 6.50. The van der Waals surface area contributed by atoms with Gasteiger partial charge >= 0.3 is 0 Å². The predicted molar refractivity (Wildman–Crippen MR) is 92.6 cm³/mol. The van der Waals surface area contributed by atoms with Gasteiger partial charge in [0.05, 0.1) is 5.41 Å². The minimum atomic E-state index is -0.434. The Hall–Kier alpha value is -2.14. The van der Waals surface area contributed by atoms with Gasteiger partial charge in [-0.2, -0.15) is 0 Å². The summed E-state index contributed by atoms with van der Waals surface area (Å²) in [4.78, 5) is 16.1. The third-order valence-corrected chi connectivity index (χ3v) is 4.19. The van der Waals surface area contributed by atoms with Crippen molar-refractivity contribution in [2.24, 2.45) is 5.41 Å². The van der Waals surface area contributed by atoms with E-state index in [4.69, 9.17) is 0 Å². The van der Waals surface area contributed by atoms with Crippen molar-refractivity contribution in [3.8, 4) is 5.69 Å². The predicted octanol–water partition coefficient (Wildman–Crippen LogP) is 2.60. The van der Waals surface area contributed by atoms with Crippen molar-refractivity contribution >= 4 is 5.91 Å². The third kappa shape index (κ3) is 3.99. The summed E-state index contributed by atoms with van der Waals surface area (Å²) in [5.74, 6) is 1.01. The molecule has 2 aromatic rings. The number of carbonyl (C=O) groups is 1. The summed E-state index contributed by atoms with van der Waals surface area (Å²) < 4.78 is 2.05. The van der Waals surface area contributed by atoms with Crippen molar-refractivity contribution in [3.63, 3.8) is 0 Å². The first-order chi connectivity index (χ1) is 10.8. The topological polar surface area (TPSA) is 59.0 Å². The van der Waals surface area contributed by atoms with Crippen LogP contribution in [-0.4, -0.2) is 29.1 Å². The lowest BCUT2D eigenvalue weighted by molar-refractivity contribution is -0.128. The molecule has 1 amide bonds. The van der Waals surface area contributed by atoms with Gasteiger partial charge in [0.15, 0.2) is 0 Å². The molecule has 0 aliphatic heterocycles. The average molecular weight is 314 g/mol. The van der Waals surface area contributed by atoms with E-state index in [9.17, 15) is 4.79 Å². The molecular formula is C18H26N4O. The summed E-state index contributed by atoms with van der Waals surface area (Å²) in [6.07, 6.45) is 3.76. The van der Waals surface area contributed by atoms with Gasteiger partial charge < -0.3 is 15.2 Å². The number of imidazole rings is 1. The number of nitrogens with zero attached hydrogens (tertiary/aromatic N) is 2. The molecule has 5 nitrogen and oxygen atoms in total. The van der Waals surface area contributed by atoms with E-state index < -0.39 is 5.41 Å². The molecule has 0 radical (unpaired) electrons. The van der Waals surface area contributed by atoms with Gasteiger partial charge in [-0.05, 0) is 45.4 Å². The number of carbonyl (C=O) groups excluding carboxylic acids is 1. The number of benzene rings is 1. The van der Waals surface area contributed by atoms with Crippen molar-refractivity contribution in [3.05, 3.63) is 48.0 Å². The average Bonchev–Trinajstić information content (AvgIpc) is 2.98. The minimum Gasteiger partial charge on any atom is -0.359 e. The van der Waals surface area contributed by atoms with Crippen molar-refractivity contribution < 1.29 is 4.79 Å². The SMILES string of the molecule is CNC(=O)C(C)(C)CNC(C)c1ccc(-n2ccnc2C)cc1. The second kappa shape index (κ2) is 6.96. The Kier molecular flexibility index (Phi) is 5.21. The molecule has 1 aromatic heterocycles. The molecule has 5 heteroatoms. The Balaban J connectivity index is 2.02. The zero-order chi connectivity index (χ0) is 17.0. The van der Waals surface area contributed by atoms with Gasteiger partial charge in [0.25, 0.3) is 0 Å². The highest BCUT2D eigenvalue weighted by Gasteiger charge is 2.26. The fourth-order valence-electron chi connectivity index (χ4n) is 2.52. The van der Waals surface area contributed by atoms with Crippen molar-refractivity contribution in [1.29, 1.82) is 0 Å². The van der Waals surface area contributed by atoms with Gasteiger partial charge in [0.1, 0.15) is 5.82 Å². The Morgan fingerprint density at radius 3 is 2.48 bits per heavy atom. The van der Waals surface area contributed by atoms with E-state index in [0.717, 1.165) is 11.5 Å². The van der Waals surface area contributed by atoms with Crippen molar-refractivity contribution in [2.45, 2.75) is 33.7 Å². The summed E-state index contributed by atoms with van der Waals surface area (Å²) in [7, 11) is 1.67. The molecule has 0 saturated carbocycles. The largest absolute Gasteiger partial charge is 0.359 e. The highest BCUT2D eigenvalue weighted by molar-refractivity contribution is 5.81. The molecule has 0 aliphatic rings. The van der Waals surface area contributed by atoms with E-state index >= 15 is 0 Å². The summed E-state index contributed by atoms with van der Waals surface area (Å²) in [6, 6.07) is 8.58. The highest BCUT2D eigenvalue weighted by Crippen LogP contribution is 2.19. The molecule has 0 aliphatic carbocycles. The molecular weight excluding hydrogens is 288 g/mol. The van der Waals surface area contributed by atoms with E-state index in [1.54, 1.807) is 13.2 Å². The summed E-state index contributed by atoms with van der Waals surface area (Å²) in [6.45, 7) is 8.60. The van der Waals surface area contributed by atoms with E-state index in [-0.39, 0.29) is 11.9 Å². The lowest BCUT2D eigenvalue weighted by Gasteiger charge is -2.25. The molecule has 1 unspecified atom stereocenters. The molecule has 1 heterocycles. The van der Waals surface area contributed by atoms with Crippen LogP contribution in [0.15, 0.2) is 36.7 Å². The second-order valence-electron chi connectivity index (χ2n) is 6.50. The van der Waals surface area contributed by atoms with Crippen molar-refractivity contribution in [2.75, 3.05) is 13.6 Å². The quantitative estimate of drug-likeness (QED) is 0.861. The monoisotopic (exact) mass is 314 g/mol. The molecule has 2 N–H and O–H groups in total. The number of aromatic nitrogens is 2. The number of nitrogens with one attached hydrogen (secondary N) is 2. The summed E-state index contributed by atoms with van der Waals surface area (Å²) in [5, 5.41) is 6.15. The first kappa shape index (κ1) is 17.2. The highest BCUT2D eigenvalue weighted by atomic mass is 16.2. The van der Waals surface area contributed by atoms with Crippen LogP contribution in [0.4, 0.5) is 0 Å². The smallest absolute Gasteiger partial charge is 0.226 e. The van der Waals surface area contributed by atoms with Crippen LogP contribution >= 0.6 is 0 Å². The molecule has 1 atom stereocenters. The normalized spacial score (nSPS) is 12.9. The van der Waals surface area contributed by atoms with E-state index in [0.29, 0.717) is 6.54 Å². The molecule has 2 rings (SSSR count). The zero-order valence-corrected chi connectivity index (χ0v) is 14.6. The van der Waals surface area contributed by atoms with E-state index in [1.807, 2.05) is 27.0 Å². The maximum Gasteiger partial charge on any atom is 0.226 e. The zero-order valence-electron chi connectivity index (χ0n) is 14.6. The molecule has 124 valence electrons. The third-order valence-electron chi connectivity index (χ3n) is 4.19. The van der Waals surface area contributed by atoms with Crippen LogP contribution in [0.3, 0.4) is 0 Å². The lowest BCUT2D eigenvalue weighted by Crippen LogP contribution is -2.42. The van der Waals surface area contributed by atoms with Gasteiger partial charge in [-0.25, -0.2) is 4.98 Å². The maximum absolute atomic E-state index is 11.8. The summed E-state index contributed by atoms with van der Waals surface area (Å²) in [5.41, 5.74) is 1.86. The van der Waals surface area contributed by atoms with E-state index in [2.05, 4.69) is 51.4 Å². The number of hydrogen-bond donors (Lipinski definition) is 2. The Morgan fingerprint density at radius 1 is 1.30 bits per heavy atom. The Labute approximate surface area is 138 Å². The van der Waals surface area contributed by atoms with Crippen LogP contribution in [0.25, 0.3) is 5.69 Å². The van der Waals surface area contributed by atoms with Crippen molar-refractivity contribution in [1.82, 2.24) is 20.2 Å². The number of rotatable bonds is 6. The number of amides is 1. The fourth-order valence-corrected chi connectivity index (χ4v) is 2.52. The van der Waals surface area contributed by atoms with Gasteiger partial charge in [-0.3, -0.25) is 4.79 Å². The molecule has 0 bridgehead atoms. The molecule has 1 aromatic carbocycles. The van der Waals surface area contributed by atoms with Crippen LogP contribution in [-0.2, 0) is 4.79 Å². The maximum atomic E-state index is 11.8. The van der Waals surface area contributed by atoms with Crippen LogP contribution in [0.2, 0.25) is 0 Å². The minimum absolute atomic E-state index is 0.0446. The van der Waals surface area contributed by atoms with Gasteiger partial charge in [0, 0.05) is 37.7 Å².